The van der Waals surface area contributed by atoms with Crippen LogP contribution in [0, 0.1) is 6.92 Å². The molecule has 0 saturated carbocycles. The molecule has 3 aromatic rings. The molecular formula is C18H12BrClO. The fraction of sp³-hybridized carbons (Fsp3) is 0.0556. The number of rotatable bonds is 2. The molecule has 3 aromatic carbocycles. The molecule has 3 heteroatoms. The van der Waals surface area contributed by atoms with Crippen molar-refractivity contribution in [1.29, 1.82) is 0 Å². The van der Waals surface area contributed by atoms with Gasteiger partial charge in [0.25, 0.3) is 0 Å². The average molecular weight is 360 g/mol. The molecular weight excluding hydrogens is 348 g/mol. The third-order valence-corrected chi connectivity index (χ3v) is 4.40. The molecule has 104 valence electrons. The van der Waals surface area contributed by atoms with E-state index in [1.807, 2.05) is 55.5 Å². The van der Waals surface area contributed by atoms with E-state index in [2.05, 4.69) is 15.9 Å². The Morgan fingerprint density at radius 2 is 1.52 bits per heavy atom. The van der Waals surface area contributed by atoms with Gasteiger partial charge in [0.1, 0.15) is 0 Å². The lowest BCUT2D eigenvalue weighted by Crippen LogP contribution is -2.01. The van der Waals surface area contributed by atoms with Crippen LogP contribution in [0.1, 0.15) is 21.5 Å². The van der Waals surface area contributed by atoms with Crippen molar-refractivity contribution in [1.82, 2.24) is 0 Å². The van der Waals surface area contributed by atoms with Gasteiger partial charge in [-0.1, -0.05) is 57.9 Å². The molecule has 1 nitrogen and oxygen atoms in total. The maximum atomic E-state index is 12.6. The van der Waals surface area contributed by atoms with E-state index in [0.29, 0.717) is 16.1 Å². The van der Waals surface area contributed by atoms with Crippen LogP contribution in [0.5, 0.6) is 0 Å². The lowest BCUT2D eigenvalue weighted by atomic mass is 9.99. The van der Waals surface area contributed by atoms with Gasteiger partial charge in [0.05, 0.1) is 0 Å². The SMILES string of the molecule is Cc1ccc(C(=O)c2ccc3cc(Br)ccc3c2)cc1Cl. The first kappa shape index (κ1) is 14.3. The summed E-state index contributed by atoms with van der Waals surface area (Å²) in [6.45, 7) is 1.92. The van der Waals surface area contributed by atoms with Crippen molar-refractivity contribution in [3.63, 3.8) is 0 Å². The summed E-state index contributed by atoms with van der Waals surface area (Å²) >= 11 is 9.55. The van der Waals surface area contributed by atoms with Crippen molar-refractivity contribution in [3.05, 3.63) is 80.8 Å². The average Bonchev–Trinajstić information content (AvgIpc) is 2.49. The van der Waals surface area contributed by atoms with Crippen molar-refractivity contribution in [2.45, 2.75) is 6.92 Å². The normalized spacial score (nSPS) is 10.8. The number of carbonyl (C=O) groups excluding carboxylic acids is 1. The van der Waals surface area contributed by atoms with Gasteiger partial charge in [0.2, 0.25) is 0 Å². The van der Waals surface area contributed by atoms with Crippen LogP contribution in [0.4, 0.5) is 0 Å². The Bertz CT molecular complexity index is 855. The molecule has 0 aliphatic rings. The number of aryl methyl sites for hydroxylation is 1. The van der Waals surface area contributed by atoms with E-state index in [1.165, 1.54) is 0 Å². The van der Waals surface area contributed by atoms with Crippen LogP contribution in [-0.4, -0.2) is 5.78 Å². The molecule has 0 aromatic heterocycles. The number of halogens is 2. The lowest BCUT2D eigenvalue weighted by Gasteiger charge is -2.06. The lowest BCUT2D eigenvalue weighted by molar-refractivity contribution is 0.103. The van der Waals surface area contributed by atoms with E-state index in [-0.39, 0.29) is 5.78 Å². The number of hydrogen-bond acceptors (Lipinski definition) is 1. The zero-order valence-electron chi connectivity index (χ0n) is 11.4. The maximum Gasteiger partial charge on any atom is 0.193 e. The smallest absolute Gasteiger partial charge is 0.193 e. The van der Waals surface area contributed by atoms with Crippen LogP contribution in [0.3, 0.4) is 0 Å². The van der Waals surface area contributed by atoms with E-state index < -0.39 is 0 Å². The van der Waals surface area contributed by atoms with Crippen molar-refractivity contribution < 1.29 is 4.79 Å². The summed E-state index contributed by atoms with van der Waals surface area (Å²) in [5, 5.41) is 2.76. The third kappa shape index (κ3) is 2.87. The van der Waals surface area contributed by atoms with E-state index in [1.54, 1.807) is 6.07 Å². The van der Waals surface area contributed by atoms with Gasteiger partial charge in [-0.05, 0) is 47.5 Å². The standard InChI is InChI=1S/C18H12BrClO/c1-11-2-3-15(10-17(11)20)18(21)14-5-4-13-9-16(19)7-6-12(13)8-14/h2-10H,1H3. The number of ketones is 1. The predicted molar refractivity (Wildman–Crippen MR) is 91.3 cm³/mol. The summed E-state index contributed by atoms with van der Waals surface area (Å²) in [4.78, 5) is 12.6. The second-order valence-electron chi connectivity index (χ2n) is 5.00. The van der Waals surface area contributed by atoms with Crippen LogP contribution in [0.25, 0.3) is 10.8 Å². The van der Waals surface area contributed by atoms with Crippen molar-refractivity contribution in [3.8, 4) is 0 Å². The molecule has 0 radical (unpaired) electrons. The van der Waals surface area contributed by atoms with Crippen LogP contribution in [0.15, 0.2) is 59.1 Å². The minimum Gasteiger partial charge on any atom is -0.289 e. The van der Waals surface area contributed by atoms with Crippen LogP contribution in [-0.2, 0) is 0 Å². The van der Waals surface area contributed by atoms with E-state index in [0.717, 1.165) is 20.8 Å². The topological polar surface area (TPSA) is 17.1 Å². The van der Waals surface area contributed by atoms with E-state index >= 15 is 0 Å². The fourth-order valence-electron chi connectivity index (χ4n) is 2.26. The third-order valence-electron chi connectivity index (χ3n) is 3.50. The molecule has 0 aliphatic heterocycles. The highest BCUT2D eigenvalue weighted by Gasteiger charge is 2.11. The molecule has 21 heavy (non-hydrogen) atoms. The molecule has 3 rings (SSSR count). The molecule has 0 amide bonds. The van der Waals surface area contributed by atoms with E-state index in [4.69, 9.17) is 11.6 Å². The first-order valence-corrected chi connectivity index (χ1v) is 7.72. The zero-order valence-corrected chi connectivity index (χ0v) is 13.7. The van der Waals surface area contributed by atoms with Gasteiger partial charge in [-0.25, -0.2) is 0 Å². The highest BCUT2D eigenvalue weighted by atomic mass is 79.9. The fourth-order valence-corrected chi connectivity index (χ4v) is 2.82. The summed E-state index contributed by atoms with van der Waals surface area (Å²) < 4.78 is 1.03. The summed E-state index contributed by atoms with van der Waals surface area (Å²) in [5.41, 5.74) is 2.25. The van der Waals surface area contributed by atoms with Gasteiger partial charge in [-0.3, -0.25) is 4.79 Å². The maximum absolute atomic E-state index is 12.6. The Morgan fingerprint density at radius 1 is 0.905 bits per heavy atom. The molecule has 0 spiro atoms. The van der Waals surface area contributed by atoms with Gasteiger partial charge in [0, 0.05) is 20.6 Å². The van der Waals surface area contributed by atoms with Crippen molar-refractivity contribution in [2.24, 2.45) is 0 Å². The largest absolute Gasteiger partial charge is 0.289 e. The molecule has 0 bridgehead atoms. The van der Waals surface area contributed by atoms with Gasteiger partial charge < -0.3 is 0 Å². The van der Waals surface area contributed by atoms with Gasteiger partial charge in [-0.15, -0.1) is 0 Å². The number of fused-ring (bicyclic) bond motifs is 1. The quantitative estimate of drug-likeness (QED) is 0.529. The Morgan fingerprint density at radius 3 is 2.29 bits per heavy atom. The first-order valence-electron chi connectivity index (χ1n) is 6.55. The number of benzene rings is 3. The summed E-state index contributed by atoms with van der Waals surface area (Å²) in [6.07, 6.45) is 0. The molecule has 0 aliphatic carbocycles. The highest BCUT2D eigenvalue weighted by molar-refractivity contribution is 9.10. The second kappa shape index (κ2) is 5.63. The Balaban J connectivity index is 2.04. The van der Waals surface area contributed by atoms with Crippen LogP contribution in [0.2, 0.25) is 5.02 Å². The second-order valence-corrected chi connectivity index (χ2v) is 6.32. The zero-order chi connectivity index (χ0) is 15.0. The number of carbonyl (C=O) groups is 1. The van der Waals surface area contributed by atoms with Gasteiger partial charge in [-0.2, -0.15) is 0 Å². The first-order chi connectivity index (χ1) is 10.0. The molecule has 0 atom stereocenters. The molecule has 0 N–H and O–H groups in total. The minimum atomic E-state index is -0.0123. The summed E-state index contributed by atoms with van der Waals surface area (Å²) in [7, 11) is 0. The Labute approximate surface area is 136 Å². The van der Waals surface area contributed by atoms with Crippen LogP contribution < -0.4 is 0 Å². The molecule has 0 fully saturated rings. The summed E-state index contributed by atoms with van der Waals surface area (Å²) in [6, 6.07) is 17.1. The van der Waals surface area contributed by atoms with Crippen LogP contribution >= 0.6 is 27.5 Å². The van der Waals surface area contributed by atoms with Gasteiger partial charge >= 0.3 is 0 Å². The highest BCUT2D eigenvalue weighted by Crippen LogP contribution is 2.23. The predicted octanol–water partition coefficient (Wildman–Crippen LogP) is 5.80. The monoisotopic (exact) mass is 358 g/mol. The molecule has 0 saturated heterocycles. The minimum absolute atomic E-state index is 0.0123. The number of hydrogen-bond donors (Lipinski definition) is 0. The Kier molecular flexibility index (Phi) is 3.83. The van der Waals surface area contributed by atoms with Crippen molar-refractivity contribution >= 4 is 44.1 Å². The summed E-state index contributed by atoms with van der Waals surface area (Å²) in [5.74, 6) is -0.0123. The van der Waals surface area contributed by atoms with Crippen molar-refractivity contribution in [2.75, 3.05) is 0 Å². The van der Waals surface area contributed by atoms with Gasteiger partial charge in [0.15, 0.2) is 5.78 Å². The molecule has 0 unspecified atom stereocenters. The Hall–Kier alpha value is -1.64. The molecule has 0 heterocycles. The van der Waals surface area contributed by atoms with E-state index in [9.17, 15) is 4.79 Å².